The van der Waals surface area contributed by atoms with E-state index in [4.69, 9.17) is 21.4 Å². The van der Waals surface area contributed by atoms with Crippen molar-refractivity contribution < 1.29 is 23.6 Å². The van der Waals surface area contributed by atoms with E-state index in [0.717, 1.165) is 5.56 Å². The number of carboxylic acids is 1. The van der Waals surface area contributed by atoms with Crippen LogP contribution in [0.4, 0.5) is 0 Å². The summed E-state index contributed by atoms with van der Waals surface area (Å²) in [5.41, 5.74) is 0.853. The van der Waals surface area contributed by atoms with Gasteiger partial charge in [0.1, 0.15) is 6.10 Å². The van der Waals surface area contributed by atoms with E-state index in [9.17, 15) is 13.8 Å². The maximum Gasteiger partial charge on any atom is 0.306 e. The van der Waals surface area contributed by atoms with Crippen LogP contribution < -0.4 is 0 Å². The number of halogens is 1. The second-order valence-corrected chi connectivity index (χ2v) is 10.6. The van der Waals surface area contributed by atoms with Crippen molar-refractivity contribution in [2.24, 2.45) is 0 Å². The summed E-state index contributed by atoms with van der Waals surface area (Å²) in [5.74, 6) is -1.13. The van der Waals surface area contributed by atoms with E-state index in [1.54, 1.807) is 17.0 Å². The number of rotatable bonds is 7. The minimum absolute atomic E-state index is 0.184. The molecule has 0 saturated carbocycles. The number of hydrogen-bond acceptors (Lipinski definition) is 4. The number of hydrogen-bond donors (Lipinski definition) is 1. The van der Waals surface area contributed by atoms with Gasteiger partial charge in [0.15, 0.2) is 0 Å². The van der Waals surface area contributed by atoms with Gasteiger partial charge in [-0.05, 0) is 44.9 Å². The maximum absolute atomic E-state index is 13.2. The summed E-state index contributed by atoms with van der Waals surface area (Å²) in [7, 11) is -1.15. The predicted molar refractivity (Wildman–Crippen MR) is 110 cm³/mol. The Morgan fingerprint density at radius 3 is 2.46 bits per heavy atom. The molecule has 28 heavy (non-hydrogen) atoms. The molecule has 156 valence electrons. The molecule has 1 aliphatic heterocycles. The van der Waals surface area contributed by atoms with Gasteiger partial charge in [0.2, 0.25) is 0 Å². The fraction of sp³-hybridized carbons (Fsp3) is 0.600. The highest BCUT2D eigenvalue weighted by Gasteiger charge is 2.42. The zero-order valence-corrected chi connectivity index (χ0v) is 18.3. The number of aliphatic carboxylic acids is 1. The van der Waals surface area contributed by atoms with Gasteiger partial charge in [-0.1, -0.05) is 30.7 Å². The molecule has 6 nitrogen and oxygen atoms in total. The Balaban J connectivity index is 2.38. The van der Waals surface area contributed by atoms with Crippen molar-refractivity contribution in [3.8, 4) is 0 Å². The van der Waals surface area contributed by atoms with Gasteiger partial charge >= 0.3 is 5.97 Å². The smallest absolute Gasteiger partial charge is 0.306 e. The molecule has 2 rings (SSSR count). The average molecular weight is 430 g/mol. The summed E-state index contributed by atoms with van der Waals surface area (Å²) in [6, 6.07) is 6.50. The summed E-state index contributed by atoms with van der Waals surface area (Å²) in [5, 5.41) is 9.70. The summed E-state index contributed by atoms with van der Waals surface area (Å²) in [6.45, 7) is 7.84. The maximum atomic E-state index is 13.2. The molecule has 1 heterocycles. The normalized spacial score (nSPS) is 22.8. The molecule has 0 radical (unpaired) electrons. The molecule has 0 aromatic heterocycles. The first-order valence-electron chi connectivity index (χ1n) is 9.34. The van der Waals surface area contributed by atoms with E-state index in [0.29, 0.717) is 17.2 Å². The Hall–Kier alpha value is -1.44. The minimum Gasteiger partial charge on any atom is -0.481 e. The van der Waals surface area contributed by atoms with E-state index in [2.05, 4.69) is 0 Å². The number of carbonyl (C=O) groups excluding carboxylic acids is 1. The molecule has 0 bridgehead atoms. The van der Waals surface area contributed by atoms with Crippen LogP contribution in [0.1, 0.15) is 52.1 Å². The highest BCUT2D eigenvalue weighted by Crippen LogP contribution is 2.32. The van der Waals surface area contributed by atoms with Crippen LogP contribution in [-0.2, 0) is 25.1 Å². The number of morpholine rings is 1. The van der Waals surface area contributed by atoms with Crippen LogP contribution in [0.3, 0.4) is 0 Å². The first-order valence-corrected chi connectivity index (χ1v) is 11.0. The summed E-state index contributed by atoms with van der Waals surface area (Å²) in [4.78, 5) is 26.0. The molecule has 8 heteroatoms. The molecular formula is C20H28ClNO5S. The molecule has 1 saturated heterocycles. The van der Waals surface area contributed by atoms with E-state index in [1.165, 1.54) is 0 Å². The van der Waals surface area contributed by atoms with Crippen molar-refractivity contribution in [3.63, 3.8) is 0 Å². The Kier molecular flexibility index (Phi) is 7.65. The highest BCUT2D eigenvalue weighted by atomic mass is 35.5. The lowest BCUT2D eigenvalue weighted by Gasteiger charge is -2.44. The van der Waals surface area contributed by atoms with E-state index >= 15 is 0 Å². The standard InChI is InChI=1S/C20H28ClNO5S/c1-5-15(12-28(26)20(2,3)4)22-16(13-6-8-14(21)9-7-13)11-27-17(19(22)25)10-18(23)24/h6-9,15-17H,5,10-12H2,1-4H3,(H,23,24). The number of carbonyl (C=O) groups is 2. The van der Waals surface area contributed by atoms with Crippen molar-refractivity contribution in [2.75, 3.05) is 12.4 Å². The fourth-order valence-electron chi connectivity index (χ4n) is 3.18. The zero-order valence-electron chi connectivity index (χ0n) is 16.7. The molecule has 4 atom stereocenters. The molecular weight excluding hydrogens is 402 g/mol. The van der Waals surface area contributed by atoms with Crippen LogP contribution in [0, 0.1) is 0 Å². The van der Waals surface area contributed by atoms with Gasteiger partial charge in [-0.15, -0.1) is 0 Å². The number of benzene rings is 1. The third kappa shape index (κ3) is 5.55. The SMILES string of the molecule is CCC(CS(=O)C(C)(C)C)N1C(=O)C(CC(=O)O)OCC1c1ccc(Cl)cc1. The second-order valence-electron chi connectivity index (χ2n) is 7.92. The monoisotopic (exact) mass is 429 g/mol. The molecule has 1 aliphatic rings. The lowest BCUT2D eigenvalue weighted by atomic mass is 9.99. The zero-order chi connectivity index (χ0) is 21.1. The predicted octanol–water partition coefficient (Wildman–Crippen LogP) is 3.41. The molecule has 4 unspecified atom stereocenters. The Morgan fingerprint density at radius 1 is 1.36 bits per heavy atom. The van der Waals surface area contributed by atoms with Crippen molar-refractivity contribution in [1.29, 1.82) is 0 Å². The van der Waals surface area contributed by atoms with Crippen LogP contribution >= 0.6 is 11.6 Å². The first-order chi connectivity index (χ1) is 13.0. The summed E-state index contributed by atoms with van der Waals surface area (Å²) < 4.78 is 18.0. The summed E-state index contributed by atoms with van der Waals surface area (Å²) >= 11 is 5.99. The number of carboxylic acid groups (broad SMARTS) is 1. The quantitative estimate of drug-likeness (QED) is 0.718. The largest absolute Gasteiger partial charge is 0.481 e. The Bertz CT molecular complexity index is 731. The highest BCUT2D eigenvalue weighted by molar-refractivity contribution is 7.86. The van der Waals surface area contributed by atoms with Gasteiger partial charge in [0.05, 0.1) is 19.1 Å². The van der Waals surface area contributed by atoms with Crippen molar-refractivity contribution in [3.05, 3.63) is 34.9 Å². The van der Waals surface area contributed by atoms with Gasteiger partial charge in [-0.2, -0.15) is 0 Å². The first kappa shape index (κ1) is 22.8. The lowest BCUT2D eigenvalue weighted by molar-refractivity contribution is -0.168. The van der Waals surface area contributed by atoms with Gasteiger partial charge in [-0.25, -0.2) is 0 Å². The molecule has 1 amide bonds. The number of nitrogens with zero attached hydrogens (tertiary/aromatic N) is 1. The molecule has 1 fully saturated rings. The van der Waals surface area contributed by atoms with Crippen LogP contribution in [0.2, 0.25) is 5.02 Å². The topological polar surface area (TPSA) is 83.9 Å². The van der Waals surface area contributed by atoms with Crippen LogP contribution in [0.25, 0.3) is 0 Å². The Morgan fingerprint density at radius 2 is 1.96 bits per heavy atom. The molecule has 1 N–H and O–H groups in total. The van der Waals surface area contributed by atoms with Crippen molar-refractivity contribution >= 4 is 34.3 Å². The van der Waals surface area contributed by atoms with Gasteiger partial charge in [0, 0.05) is 32.4 Å². The average Bonchev–Trinajstić information content (AvgIpc) is 2.61. The van der Waals surface area contributed by atoms with Gasteiger partial charge in [-0.3, -0.25) is 13.8 Å². The second kappa shape index (κ2) is 9.37. The minimum atomic E-state index is -1.15. The molecule has 1 aromatic carbocycles. The molecule has 1 aromatic rings. The Labute approximate surface area is 173 Å². The fourth-order valence-corrected chi connectivity index (χ4v) is 4.55. The third-order valence-corrected chi connectivity index (χ3v) is 7.13. The van der Waals surface area contributed by atoms with E-state index in [1.807, 2.05) is 39.8 Å². The van der Waals surface area contributed by atoms with Crippen molar-refractivity contribution in [1.82, 2.24) is 4.90 Å². The van der Waals surface area contributed by atoms with E-state index in [-0.39, 0.29) is 31.0 Å². The van der Waals surface area contributed by atoms with Crippen LogP contribution in [-0.4, -0.2) is 55.3 Å². The summed E-state index contributed by atoms with van der Waals surface area (Å²) in [6.07, 6.45) is -0.808. The number of amides is 1. The van der Waals surface area contributed by atoms with Crippen molar-refractivity contribution in [2.45, 2.75) is 63.5 Å². The van der Waals surface area contributed by atoms with Gasteiger partial charge in [0.25, 0.3) is 5.91 Å². The molecule has 0 spiro atoms. The van der Waals surface area contributed by atoms with Gasteiger partial charge < -0.3 is 14.7 Å². The van der Waals surface area contributed by atoms with E-state index < -0.39 is 27.6 Å². The van der Waals surface area contributed by atoms with Crippen LogP contribution in [0.5, 0.6) is 0 Å². The van der Waals surface area contributed by atoms with Crippen LogP contribution in [0.15, 0.2) is 24.3 Å². The lowest BCUT2D eigenvalue weighted by Crippen LogP contribution is -2.56. The number of ether oxygens (including phenoxy) is 1. The molecule has 0 aliphatic carbocycles. The third-order valence-electron chi connectivity index (χ3n) is 4.83.